The Morgan fingerprint density at radius 3 is 2.33 bits per heavy atom. The minimum Gasteiger partial charge on any atom is -0.469 e. The van der Waals surface area contributed by atoms with Crippen LogP contribution in [0.5, 0.6) is 0 Å². The second kappa shape index (κ2) is 5.85. The molecule has 0 amide bonds. The first-order valence-electron chi connectivity index (χ1n) is 5.13. The van der Waals surface area contributed by atoms with E-state index in [9.17, 15) is 9.59 Å². The highest BCUT2D eigenvalue weighted by Gasteiger charge is 2.28. The van der Waals surface area contributed by atoms with Gasteiger partial charge >= 0.3 is 5.97 Å². The first-order chi connectivity index (χ1) is 6.81. The summed E-state index contributed by atoms with van der Waals surface area (Å²) in [5, 5.41) is 3.06. The van der Waals surface area contributed by atoms with E-state index in [1.165, 1.54) is 7.11 Å². The van der Waals surface area contributed by atoms with Gasteiger partial charge in [-0.05, 0) is 40.7 Å². The summed E-state index contributed by atoms with van der Waals surface area (Å²) in [5.41, 5.74) is -0.502. The molecule has 0 rings (SSSR count). The molecule has 0 aliphatic rings. The van der Waals surface area contributed by atoms with Gasteiger partial charge in [-0.25, -0.2) is 0 Å². The van der Waals surface area contributed by atoms with Gasteiger partial charge < -0.3 is 10.1 Å². The molecule has 0 fully saturated rings. The van der Waals surface area contributed by atoms with Gasteiger partial charge in [0.1, 0.15) is 5.78 Å². The van der Waals surface area contributed by atoms with Crippen LogP contribution in [0.4, 0.5) is 0 Å². The molecule has 4 nitrogen and oxygen atoms in total. The molecule has 0 spiro atoms. The van der Waals surface area contributed by atoms with E-state index in [-0.39, 0.29) is 17.8 Å². The number of carbonyl (C=O) groups excluding carboxylic acids is 2. The average Bonchev–Trinajstić information content (AvgIpc) is 2.15. The van der Waals surface area contributed by atoms with Gasteiger partial charge in [0.15, 0.2) is 0 Å². The van der Waals surface area contributed by atoms with Crippen LogP contribution in [0.3, 0.4) is 0 Å². The molecule has 0 saturated carbocycles. The number of nitrogens with one attached hydrogen (secondary N) is 1. The summed E-state index contributed by atoms with van der Waals surface area (Å²) in [6.07, 6.45) is 0.650. The number of hydrogen-bond donors (Lipinski definition) is 1. The highest BCUT2D eigenvalue weighted by atomic mass is 16.5. The molecule has 0 bridgehead atoms. The van der Waals surface area contributed by atoms with Crippen LogP contribution < -0.4 is 5.32 Å². The Morgan fingerprint density at radius 2 is 1.93 bits per heavy atom. The Morgan fingerprint density at radius 1 is 1.40 bits per heavy atom. The SMILES string of the molecule is COC(=O)C(C)(C)CCNC(C)C(C)=O. The van der Waals surface area contributed by atoms with Crippen molar-refractivity contribution < 1.29 is 14.3 Å². The number of rotatable bonds is 6. The fourth-order valence-electron chi connectivity index (χ4n) is 1.12. The van der Waals surface area contributed by atoms with Gasteiger partial charge in [-0.3, -0.25) is 9.59 Å². The van der Waals surface area contributed by atoms with E-state index in [2.05, 4.69) is 10.1 Å². The van der Waals surface area contributed by atoms with E-state index < -0.39 is 5.41 Å². The third-order valence-corrected chi connectivity index (χ3v) is 2.55. The maximum atomic E-state index is 11.3. The molecule has 1 N–H and O–H groups in total. The number of ketones is 1. The lowest BCUT2D eigenvalue weighted by atomic mass is 9.89. The fraction of sp³-hybridized carbons (Fsp3) is 0.818. The number of carbonyl (C=O) groups is 2. The van der Waals surface area contributed by atoms with Crippen LogP contribution in [0.15, 0.2) is 0 Å². The molecule has 88 valence electrons. The third kappa shape index (κ3) is 4.93. The summed E-state index contributed by atoms with van der Waals surface area (Å²) < 4.78 is 4.69. The lowest BCUT2D eigenvalue weighted by Crippen LogP contribution is -2.36. The maximum Gasteiger partial charge on any atom is 0.311 e. The molecule has 0 aromatic rings. The highest BCUT2D eigenvalue weighted by molar-refractivity contribution is 5.80. The van der Waals surface area contributed by atoms with Crippen molar-refractivity contribution in [3.63, 3.8) is 0 Å². The Labute approximate surface area is 91.4 Å². The van der Waals surface area contributed by atoms with Crippen LogP contribution in [0, 0.1) is 5.41 Å². The van der Waals surface area contributed by atoms with Crippen molar-refractivity contribution in [2.24, 2.45) is 5.41 Å². The topological polar surface area (TPSA) is 55.4 Å². The number of methoxy groups -OCH3 is 1. The van der Waals surface area contributed by atoms with Crippen LogP contribution in [0.2, 0.25) is 0 Å². The fourth-order valence-corrected chi connectivity index (χ4v) is 1.12. The highest BCUT2D eigenvalue weighted by Crippen LogP contribution is 2.21. The molecule has 4 heteroatoms. The number of hydrogen-bond acceptors (Lipinski definition) is 4. The summed E-state index contributed by atoms with van der Waals surface area (Å²) in [4.78, 5) is 22.3. The van der Waals surface area contributed by atoms with E-state index in [0.717, 1.165) is 0 Å². The molecule has 0 radical (unpaired) electrons. The van der Waals surface area contributed by atoms with E-state index in [4.69, 9.17) is 0 Å². The number of esters is 1. The predicted molar refractivity (Wildman–Crippen MR) is 58.6 cm³/mol. The molecule has 1 unspecified atom stereocenters. The molecule has 0 aliphatic carbocycles. The Bertz CT molecular complexity index is 236. The largest absolute Gasteiger partial charge is 0.469 e. The summed E-state index contributed by atoms with van der Waals surface area (Å²) in [7, 11) is 1.38. The van der Waals surface area contributed by atoms with Gasteiger partial charge in [-0.15, -0.1) is 0 Å². The molecular formula is C11H21NO3. The molecule has 0 heterocycles. The average molecular weight is 215 g/mol. The maximum absolute atomic E-state index is 11.3. The van der Waals surface area contributed by atoms with Crippen molar-refractivity contribution in [2.75, 3.05) is 13.7 Å². The zero-order valence-corrected chi connectivity index (χ0v) is 10.2. The summed E-state index contributed by atoms with van der Waals surface area (Å²) >= 11 is 0. The van der Waals surface area contributed by atoms with Crippen LogP contribution in [0.25, 0.3) is 0 Å². The Hall–Kier alpha value is -0.900. The minimum absolute atomic E-state index is 0.103. The van der Waals surface area contributed by atoms with Crippen molar-refractivity contribution in [3.8, 4) is 0 Å². The van der Waals surface area contributed by atoms with Gasteiger partial charge in [0, 0.05) is 0 Å². The van der Waals surface area contributed by atoms with Gasteiger partial charge in [-0.1, -0.05) is 0 Å². The van der Waals surface area contributed by atoms with Crippen LogP contribution in [-0.4, -0.2) is 31.4 Å². The third-order valence-electron chi connectivity index (χ3n) is 2.55. The van der Waals surface area contributed by atoms with Crippen molar-refractivity contribution in [2.45, 2.75) is 40.2 Å². The molecule has 0 aliphatic heterocycles. The molecule has 15 heavy (non-hydrogen) atoms. The second-order valence-corrected chi connectivity index (χ2v) is 4.41. The first-order valence-corrected chi connectivity index (χ1v) is 5.13. The molecule has 1 atom stereocenters. The number of Topliss-reactive ketones (excluding diaryl/α,β-unsaturated/α-hetero) is 1. The van der Waals surface area contributed by atoms with E-state index in [1.54, 1.807) is 6.92 Å². The van der Waals surface area contributed by atoms with Crippen molar-refractivity contribution in [1.29, 1.82) is 0 Å². The van der Waals surface area contributed by atoms with E-state index in [0.29, 0.717) is 13.0 Å². The zero-order chi connectivity index (χ0) is 12.1. The molecular weight excluding hydrogens is 194 g/mol. The van der Waals surface area contributed by atoms with E-state index >= 15 is 0 Å². The number of ether oxygens (including phenoxy) is 1. The Balaban J connectivity index is 3.95. The van der Waals surface area contributed by atoms with Crippen molar-refractivity contribution >= 4 is 11.8 Å². The quantitative estimate of drug-likeness (QED) is 0.675. The van der Waals surface area contributed by atoms with Crippen molar-refractivity contribution in [1.82, 2.24) is 5.32 Å². The molecule has 0 aromatic carbocycles. The van der Waals surface area contributed by atoms with Crippen LogP contribution >= 0.6 is 0 Å². The van der Waals surface area contributed by atoms with Gasteiger partial charge in [0.25, 0.3) is 0 Å². The summed E-state index contributed by atoms with van der Waals surface area (Å²) in [6, 6.07) is -0.154. The summed E-state index contributed by atoms with van der Waals surface area (Å²) in [6.45, 7) is 7.65. The zero-order valence-electron chi connectivity index (χ0n) is 10.2. The molecule has 0 aromatic heterocycles. The van der Waals surface area contributed by atoms with Gasteiger partial charge in [0.05, 0.1) is 18.6 Å². The lowest BCUT2D eigenvalue weighted by Gasteiger charge is -2.22. The van der Waals surface area contributed by atoms with Crippen molar-refractivity contribution in [3.05, 3.63) is 0 Å². The van der Waals surface area contributed by atoms with Gasteiger partial charge in [-0.2, -0.15) is 0 Å². The first kappa shape index (κ1) is 14.1. The van der Waals surface area contributed by atoms with Gasteiger partial charge in [0.2, 0.25) is 0 Å². The normalized spacial score (nSPS) is 13.4. The molecule has 0 saturated heterocycles. The predicted octanol–water partition coefficient (Wildman–Crippen LogP) is 1.14. The van der Waals surface area contributed by atoms with E-state index in [1.807, 2.05) is 20.8 Å². The monoisotopic (exact) mass is 215 g/mol. The smallest absolute Gasteiger partial charge is 0.311 e. The van der Waals surface area contributed by atoms with Crippen LogP contribution in [-0.2, 0) is 14.3 Å². The lowest BCUT2D eigenvalue weighted by molar-refractivity contribution is -0.151. The van der Waals surface area contributed by atoms with Crippen LogP contribution in [0.1, 0.15) is 34.1 Å². The standard InChI is InChI=1S/C11H21NO3/c1-8(9(2)13)12-7-6-11(3,4)10(14)15-5/h8,12H,6-7H2,1-5H3. The minimum atomic E-state index is -0.502. The second-order valence-electron chi connectivity index (χ2n) is 4.41. The Kier molecular flexibility index (Phi) is 5.50. The summed E-state index contributed by atoms with van der Waals surface area (Å²) in [5.74, 6) is -0.120.